The van der Waals surface area contributed by atoms with Crippen molar-refractivity contribution < 1.29 is 9.15 Å². The molecule has 1 aromatic heterocycles. The van der Waals surface area contributed by atoms with Gasteiger partial charge in [0.25, 0.3) is 0 Å². The molecule has 66 valence electrons. The number of hydrogen-bond acceptors (Lipinski definition) is 4. The molecule has 0 radical (unpaired) electrons. The van der Waals surface area contributed by atoms with Gasteiger partial charge < -0.3 is 14.5 Å². The van der Waals surface area contributed by atoms with Gasteiger partial charge in [-0.1, -0.05) is 0 Å². The zero-order valence-electron chi connectivity index (χ0n) is 6.82. The van der Waals surface area contributed by atoms with Gasteiger partial charge in [-0.15, -0.1) is 0 Å². The molecule has 1 saturated heterocycles. The molecule has 0 amide bonds. The molecule has 2 heterocycles. The summed E-state index contributed by atoms with van der Waals surface area (Å²) in [6.07, 6.45) is 4.48. The first-order valence-electron chi connectivity index (χ1n) is 4.14. The van der Waals surface area contributed by atoms with Gasteiger partial charge >= 0.3 is 0 Å². The van der Waals surface area contributed by atoms with Crippen LogP contribution in [0.1, 0.15) is 12.1 Å². The average Bonchev–Trinajstić information content (AvgIpc) is 2.74. The lowest BCUT2D eigenvalue weighted by atomic mass is 10.3. The van der Waals surface area contributed by atoms with Gasteiger partial charge in [0.2, 0.25) is 0 Å². The van der Waals surface area contributed by atoms with Crippen LogP contribution in [-0.4, -0.2) is 24.2 Å². The maximum Gasteiger partial charge on any atom is 0.180 e. The molecule has 12 heavy (non-hydrogen) atoms. The quantitative estimate of drug-likeness (QED) is 0.716. The largest absolute Gasteiger partial charge is 0.451 e. The summed E-state index contributed by atoms with van der Waals surface area (Å²) < 4.78 is 10.4. The van der Waals surface area contributed by atoms with Gasteiger partial charge in [0.15, 0.2) is 6.39 Å². The molecule has 0 saturated carbocycles. The van der Waals surface area contributed by atoms with E-state index >= 15 is 0 Å². The van der Waals surface area contributed by atoms with Crippen molar-refractivity contribution in [1.82, 2.24) is 10.3 Å². The zero-order valence-corrected chi connectivity index (χ0v) is 6.82. The molecule has 0 aromatic carbocycles. The molecule has 0 spiro atoms. The highest BCUT2D eigenvalue weighted by molar-refractivity contribution is 4.88. The lowest BCUT2D eigenvalue weighted by molar-refractivity contribution is 0.0522. The third-order valence-corrected chi connectivity index (χ3v) is 1.97. The highest BCUT2D eigenvalue weighted by Gasteiger charge is 2.14. The van der Waals surface area contributed by atoms with Crippen molar-refractivity contribution in [2.24, 2.45) is 0 Å². The van der Waals surface area contributed by atoms with Gasteiger partial charge in [0, 0.05) is 6.54 Å². The fraction of sp³-hybridized carbons (Fsp3) is 0.625. The Kier molecular flexibility index (Phi) is 2.39. The van der Waals surface area contributed by atoms with Crippen LogP contribution in [-0.2, 0) is 11.3 Å². The van der Waals surface area contributed by atoms with E-state index in [0.717, 1.165) is 25.2 Å². The molecule has 2 rings (SSSR count). The third kappa shape index (κ3) is 1.84. The molecule has 1 atom stereocenters. The maximum absolute atomic E-state index is 5.56. The van der Waals surface area contributed by atoms with Crippen LogP contribution in [0.3, 0.4) is 0 Å². The molecule has 4 heteroatoms. The summed E-state index contributed by atoms with van der Waals surface area (Å²) in [5, 5.41) is 3.23. The molecule has 1 aliphatic heterocycles. The van der Waals surface area contributed by atoms with Gasteiger partial charge in [-0.05, 0) is 13.0 Å². The molecule has 1 unspecified atom stereocenters. The summed E-state index contributed by atoms with van der Waals surface area (Å²) in [5.41, 5.74) is 0.863. The molecule has 1 aromatic rings. The Morgan fingerprint density at radius 1 is 1.75 bits per heavy atom. The van der Waals surface area contributed by atoms with E-state index in [9.17, 15) is 0 Å². The predicted molar refractivity (Wildman–Crippen MR) is 42.6 cm³/mol. The first-order valence-corrected chi connectivity index (χ1v) is 4.14. The monoisotopic (exact) mass is 168 g/mol. The summed E-state index contributed by atoms with van der Waals surface area (Å²) in [6, 6.07) is 0. The van der Waals surface area contributed by atoms with E-state index in [1.165, 1.54) is 6.39 Å². The molecular formula is C8H12N2O2. The molecule has 0 bridgehead atoms. The second-order valence-electron chi connectivity index (χ2n) is 2.91. The number of oxazole rings is 1. The van der Waals surface area contributed by atoms with Crippen LogP contribution in [0.2, 0.25) is 0 Å². The Bertz CT molecular complexity index is 217. The molecular weight excluding hydrogens is 156 g/mol. The summed E-state index contributed by atoms with van der Waals surface area (Å²) in [4.78, 5) is 3.97. The average molecular weight is 168 g/mol. The molecule has 1 aliphatic rings. The number of nitrogens with zero attached hydrogens (tertiary/aromatic N) is 1. The van der Waals surface area contributed by atoms with Gasteiger partial charge in [-0.25, -0.2) is 4.98 Å². The van der Waals surface area contributed by atoms with E-state index in [0.29, 0.717) is 12.7 Å². The molecule has 1 fully saturated rings. The zero-order chi connectivity index (χ0) is 8.23. The minimum Gasteiger partial charge on any atom is -0.451 e. The highest BCUT2D eigenvalue weighted by Crippen LogP contribution is 2.06. The van der Waals surface area contributed by atoms with Crippen molar-refractivity contribution >= 4 is 0 Å². The Hall–Kier alpha value is -0.870. The molecule has 4 nitrogen and oxygen atoms in total. The number of rotatable bonds is 3. The lowest BCUT2D eigenvalue weighted by Gasteiger charge is -2.07. The third-order valence-electron chi connectivity index (χ3n) is 1.97. The van der Waals surface area contributed by atoms with Crippen LogP contribution in [0, 0.1) is 0 Å². The smallest absolute Gasteiger partial charge is 0.180 e. The van der Waals surface area contributed by atoms with Gasteiger partial charge in [0.1, 0.15) is 12.0 Å². The standard InChI is InChI=1S/C8H12N2O2/c1-2-9-3-8(1)12-5-7-4-11-6-10-7/h4,6,8-9H,1-3,5H2. The highest BCUT2D eigenvalue weighted by atomic mass is 16.5. The minimum absolute atomic E-state index is 0.349. The molecule has 0 aliphatic carbocycles. The topological polar surface area (TPSA) is 47.3 Å². The van der Waals surface area contributed by atoms with Crippen LogP contribution in [0.25, 0.3) is 0 Å². The van der Waals surface area contributed by atoms with E-state index in [-0.39, 0.29) is 0 Å². The Morgan fingerprint density at radius 3 is 3.42 bits per heavy atom. The van der Waals surface area contributed by atoms with E-state index < -0.39 is 0 Å². The van der Waals surface area contributed by atoms with Gasteiger partial charge in [0.05, 0.1) is 12.7 Å². The number of aromatic nitrogens is 1. The first kappa shape index (κ1) is 7.76. The van der Waals surface area contributed by atoms with Gasteiger partial charge in [-0.3, -0.25) is 0 Å². The second kappa shape index (κ2) is 3.69. The van der Waals surface area contributed by atoms with E-state index in [4.69, 9.17) is 9.15 Å². The SMILES string of the molecule is c1nc(COC2CCNC2)co1. The van der Waals surface area contributed by atoms with Crippen LogP contribution in [0.15, 0.2) is 17.1 Å². The fourth-order valence-corrected chi connectivity index (χ4v) is 1.28. The predicted octanol–water partition coefficient (Wildman–Crippen LogP) is 0.553. The molecule has 1 N–H and O–H groups in total. The first-order chi connectivity index (χ1) is 5.95. The van der Waals surface area contributed by atoms with Crippen molar-refractivity contribution in [2.45, 2.75) is 19.1 Å². The van der Waals surface area contributed by atoms with Crippen molar-refractivity contribution in [3.05, 3.63) is 18.4 Å². The minimum atomic E-state index is 0.349. The summed E-state index contributed by atoms with van der Waals surface area (Å²) in [6.45, 7) is 2.57. The van der Waals surface area contributed by atoms with Crippen molar-refractivity contribution in [3.63, 3.8) is 0 Å². The van der Waals surface area contributed by atoms with Crippen molar-refractivity contribution in [1.29, 1.82) is 0 Å². The Balaban J connectivity index is 1.74. The number of nitrogens with one attached hydrogen (secondary N) is 1. The van der Waals surface area contributed by atoms with E-state index in [1.807, 2.05) is 0 Å². The summed E-state index contributed by atoms with van der Waals surface area (Å²) in [7, 11) is 0. The Labute approximate surface area is 70.9 Å². The summed E-state index contributed by atoms with van der Waals surface area (Å²) in [5.74, 6) is 0. The van der Waals surface area contributed by atoms with Crippen LogP contribution < -0.4 is 5.32 Å². The lowest BCUT2D eigenvalue weighted by Crippen LogP contribution is -2.16. The maximum atomic E-state index is 5.56. The number of hydrogen-bond donors (Lipinski definition) is 1. The Morgan fingerprint density at radius 2 is 2.75 bits per heavy atom. The second-order valence-corrected chi connectivity index (χ2v) is 2.91. The number of ether oxygens (including phenoxy) is 1. The van der Waals surface area contributed by atoms with Gasteiger partial charge in [-0.2, -0.15) is 0 Å². The normalized spacial score (nSPS) is 23.2. The van der Waals surface area contributed by atoms with Crippen LogP contribution in [0.4, 0.5) is 0 Å². The fourth-order valence-electron chi connectivity index (χ4n) is 1.28. The van der Waals surface area contributed by atoms with E-state index in [2.05, 4.69) is 10.3 Å². The van der Waals surface area contributed by atoms with Crippen molar-refractivity contribution in [3.8, 4) is 0 Å². The van der Waals surface area contributed by atoms with Crippen LogP contribution >= 0.6 is 0 Å². The van der Waals surface area contributed by atoms with Crippen LogP contribution in [0.5, 0.6) is 0 Å². The van der Waals surface area contributed by atoms with E-state index in [1.54, 1.807) is 6.26 Å². The van der Waals surface area contributed by atoms with Crippen molar-refractivity contribution in [2.75, 3.05) is 13.1 Å². The summed E-state index contributed by atoms with van der Waals surface area (Å²) >= 11 is 0.